The molecule has 1 atom stereocenters. The highest BCUT2D eigenvalue weighted by Crippen LogP contribution is 2.05. The van der Waals surface area contributed by atoms with Crippen LogP contribution in [0.5, 0.6) is 0 Å². The topological polar surface area (TPSA) is 63.6 Å². The number of carbonyl (C=O) groups excluding carboxylic acids is 1. The third-order valence-electron chi connectivity index (χ3n) is 3.75. The van der Waals surface area contributed by atoms with Crippen molar-refractivity contribution >= 4 is 11.9 Å². The Bertz CT molecular complexity index is 594. The molecule has 0 aromatic heterocycles. The van der Waals surface area contributed by atoms with Crippen molar-refractivity contribution in [3.8, 4) is 0 Å². The minimum Gasteiger partial charge on any atom is -0.450 e. The van der Waals surface area contributed by atoms with Gasteiger partial charge in [-0.05, 0) is 24.5 Å². The van der Waals surface area contributed by atoms with Gasteiger partial charge in [0.1, 0.15) is 11.9 Å². The molecular weight excluding hydrogens is 328 g/mol. The molecule has 2 aromatic rings. The molecule has 0 bridgehead atoms. The molecule has 0 saturated heterocycles. The summed E-state index contributed by atoms with van der Waals surface area (Å²) in [4.78, 5) is 21.7. The summed E-state index contributed by atoms with van der Waals surface area (Å²) >= 11 is 0. The van der Waals surface area contributed by atoms with Gasteiger partial charge in [-0.2, -0.15) is 0 Å². The molecule has 26 heavy (non-hydrogen) atoms. The number of unbranched alkanes of at least 4 members (excludes halogenated alkanes) is 1. The highest BCUT2D eigenvalue weighted by atomic mass is 16.7. The SMILES string of the molecule is CCCCC(C)OC(=O)O.O=C(Cc1ccccc1)Cc1ccccc1. The van der Waals surface area contributed by atoms with E-state index < -0.39 is 6.16 Å². The third kappa shape index (κ3) is 10.3. The van der Waals surface area contributed by atoms with Crippen LogP contribution in [0, 0.1) is 0 Å². The second kappa shape index (κ2) is 12.7. The Morgan fingerprint density at radius 2 is 1.38 bits per heavy atom. The van der Waals surface area contributed by atoms with Crippen molar-refractivity contribution in [3.63, 3.8) is 0 Å². The first-order chi connectivity index (χ1) is 12.5. The van der Waals surface area contributed by atoms with Crippen LogP contribution in [0.3, 0.4) is 0 Å². The van der Waals surface area contributed by atoms with Gasteiger partial charge in [-0.15, -0.1) is 0 Å². The Labute approximate surface area is 155 Å². The van der Waals surface area contributed by atoms with Gasteiger partial charge in [0.2, 0.25) is 0 Å². The minimum atomic E-state index is -1.18. The predicted molar refractivity (Wildman–Crippen MR) is 103 cm³/mol. The van der Waals surface area contributed by atoms with Crippen molar-refractivity contribution < 1.29 is 19.4 Å². The van der Waals surface area contributed by atoms with Gasteiger partial charge in [-0.3, -0.25) is 4.79 Å². The molecule has 0 heterocycles. The molecule has 2 rings (SSSR count). The zero-order valence-corrected chi connectivity index (χ0v) is 15.6. The van der Waals surface area contributed by atoms with Crippen molar-refractivity contribution in [2.45, 2.75) is 52.1 Å². The number of hydrogen-bond acceptors (Lipinski definition) is 3. The zero-order chi connectivity index (χ0) is 19.2. The van der Waals surface area contributed by atoms with E-state index in [0.717, 1.165) is 30.4 Å². The van der Waals surface area contributed by atoms with Gasteiger partial charge in [0.05, 0.1) is 0 Å². The smallest absolute Gasteiger partial charge is 0.450 e. The summed E-state index contributed by atoms with van der Waals surface area (Å²) in [6, 6.07) is 19.7. The van der Waals surface area contributed by atoms with E-state index in [0.29, 0.717) is 12.8 Å². The van der Waals surface area contributed by atoms with Crippen LogP contribution < -0.4 is 0 Å². The van der Waals surface area contributed by atoms with Crippen LogP contribution in [0.25, 0.3) is 0 Å². The predicted octanol–water partition coefficient (Wildman–Crippen LogP) is 5.30. The van der Waals surface area contributed by atoms with Crippen LogP contribution in [0.2, 0.25) is 0 Å². The van der Waals surface area contributed by atoms with Crippen LogP contribution in [0.1, 0.15) is 44.2 Å². The number of ether oxygens (including phenoxy) is 1. The molecule has 0 aliphatic heterocycles. The number of ketones is 1. The summed E-state index contributed by atoms with van der Waals surface area (Å²) in [5.74, 6) is 0.261. The standard InChI is InChI=1S/C15H14O.C7H14O3/c16-15(11-13-7-3-1-4-8-13)12-14-9-5-2-6-10-14;1-3-4-5-6(2)10-7(8)9/h1-10H,11-12H2;6H,3-5H2,1-2H3,(H,8,9). The summed E-state index contributed by atoms with van der Waals surface area (Å²) in [6.07, 6.45) is 2.64. The summed E-state index contributed by atoms with van der Waals surface area (Å²) in [5, 5.41) is 8.16. The van der Waals surface area contributed by atoms with Gasteiger partial charge in [0.25, 0.3) is 0 Å². The molecule has 1 N–H and O–H groups in total. The maximum Gasteiger partial charge on any atom is 0.506 e. The van der Waals surface area contributed by atoms with Crippen molar-refractivity contribution in [3.05, 3.63) is 71.8 Å². The summed E-state index contributed by atoms with van der Waals surface area (Å²) < 4.78 is 4.47. The molecule has 0 spiro atoms. The van der Waals surface area contributed by atoms with Gasteiger partial charge in [0, 0.05) is 12.8 Å². The lowest BCUT2D eigenvalue weighted by Gasteiger charge is -2.08. The van der Waals surface area contributed by atoms with E-state index in [4.69, 9.17) is 5.11 Å². The second-order valence-electron chi connectivity index (χ2n) is 6.20. The molecule has 0 aliphatic rings. The first-order valence-corrected chi connectivity index (χ1v) is 9.00. The average molecular weight is 356 g/mol. The monoisotopic (exact) mass is 356 g/mol. The van der Waals surface area contributed by atoms with Crippen molar-refractivity contribution in [2.75, 3.05) is 0 Å². The van der Waals surface area contributed by atoms with Crippen LogP contribution in [-0.2, 0) is 22.4 Å². The molecule has 4 nitrogen and oxygen atoms in total. The van der Waals surface area contributed by atoms with Gasteiger partial charge >= 0.3 is 6.16 Å². The van der Waals surface area contributed by atoms with Crippen LogP contribution in [-0.4, -0.2) is 23.1 Å². The first kappa shape index (κ1) is 21.4. The molecule has 140 valence electrons. The fraction of sp³-hybridized carbons (Fsp3) is 0.364. The number of rotatable bonds is 8. The van der Waals surface area contributed by atoms with Crippen molar-refractivity contribution in [1.29, 1.82) is 0 Å². The molecule has 0 fully saturated rings. The molecule has 1 unspecified atom stereocenters. The number of hydrogen-bond donors (Lipinski definition) is 1. The van der Waals surface area contributed by atoms with Crippen LogP contribution in [0.4, 0.5) is 4.79 Å². The highest BCUT2D eigenvalue weighted by molar-refractivity contribution is 5.83. The number of carboxylic acid groups (broad SMARTS) is 1. The number of Topliss-reactive ketones (excluding diaryl/α,β-unsaturated/α-hetero) is 1. The Balaban J connectivity index is 0.000000294. The van der Waals surface area contributed by atoms with E-state index in [1.807, 2.05) is 60.7 Å². The zero-order valence-electron chi connectivity index (χ0n) is 15.6. The van der Waals surface area contributed by atoms with E-state index in [9.17, 15) is 9.59 Å². The van der Waals surface area contributed by atoms with E-state index in [2.05, 4.69) is 11.7 Å². The molecule has 0 saturated carbocycles. The van der Waals surface area contributed by atoms with Crippen molar-refractivity contribution in [2.24, 2.45) is 0 Å². The normalized spacial score (nSPS) is 11.0. The third-order valence-corrected chi connectivity index (χ3v) is 3.75. The Kier molecular flexibility index (Phi) is 10.5. The fourth-order valence-corrected chi connectivity index (χ4v) is 2.43. The second-order valence-corrected chi connectivity index (χ2v) is 6.20. The number of benzene rings is 2. The quantitative estimate of drug-likeness (QED) is 0.652. The van der Waals surface area contributed by atoms with Crippen molar-refractivity contribution in [1.82, 2.24) is 0 Å². The van der Waals surface area contributed by atoms with Gasteiger partial charge < -0.3 is 9.84 Å². The summed E-state index contributed by atoms with van der Waals surface area (Å²) in [5.41, 5.74) is 2.17. The molecule has 0 aliphatic carbocycles. The lowest BCUT2D eigenvalue weighted by Crippen LogP contribution is -2.12. The Hall–Kier alpha value is -2.62. The number of carbonyl (C=O) groups is 2. The van der Waals surface area contributed by atoms with Gasteiger partial charge in [-0.1, -0.05) is 80.4 Å². The van der Waals surface area contributed by atoms with E-state index >= 15 is 0 Å². The van der Waals surface area contributed by atoms with Gasteiger partial charge in [-0.25, -0.2) is 4.79 Å². The van der Waals surface area contributed by atoms with E-state index in [1.54, 1.807) is 6.92 Å². The Morgan fingerprint density at radius 3 is 1.77 bits per heavy atom. The minimum absolute atomic E-state index is 0.155. The molecule has 2 aromatic carbocycles. The largest absolute Gasteiger partial charge is 0.506 e. The van der Waals surface area contributed by atoms with E-state index in [1.165, 1.54) is 0 Å². The molecule has 0 amide bonds. The highest BCUT2D eigenvalue weighted by Gasteiger charge is 2.05. The summed E-state index contributed by atoms with van der Waals surface area (Å²) in [7, 11) is 0. The van der Waals surface area contributed by atoms with Crippen LogP contribution in [0.15, 0.2) is 60.7 Å². The maximum atomic E-state index is 11.8. The summed E-state index contributed by atoms with van der Waals surface area (Å²) in [6.45, 7) is 3.83. The maximum absolute atomic E-state index is 11.8. The lowest BCUT2D eigenvalue weighted by molar-refractivity contribution is -0.117. The Morgan fingerprint density at radius 1 is 0.923 bits per heavy atom. The van der Waals surface area contributed by atoms with E-state index in [-0.39, 0.29) is 11.9 Å². The fourth-order valence-electron chi connectivity index (χ4n) is 2.43. The first-order valence-electron chi connectivity index (χ1n) is 9.00. The van der Waals surface area contributed by atoms with Gasteiger partial charge in [0.15, 0.2) is 0 Å². The molecular formula is C22H28O4. The average Bonchev–Trinajstić information content (AvgIpc) is 2.61. The lowest BCUT2D eigenvalue weighted by atomic mass is 10.0. The van der Waals surface area contributed by atoms with Crippen LogP contribution >= 0.6 is 0 Å². The molecule has 0 radical (unpaired) electrons. The molecule has 4 heteroatoms.